The highest BCUT2D eigenvalue weighted by atomic mass is 16.2. The van der Waals surface area contributed by atoms with Crippen molar-refractivity contribution < 1.29 is 4.79 Å². The first-order chi connectivity index (χ1) is 13.7. The van der Waals surface area contributed by atoms with E-state index < -0.39 is 0 Å². The number of rotatable bonds is 2. The van der Waals surface area contributed by atoms with E-state index in [1.165, 1.54) is 5.39 Å². The van der Waals surface area contributed by atoms with Crippen LogP contribution in [0.15, 0.2) is 60.7 Å². The Labute approximate surface area is 163 Å². The normalized spacial score (nSPS) is 15.4. The molecule has 1 aliphatic rings. The average Bonchev–Trinajstić information content (AvgIpc) is 3.16. The van der Waals surface area contributed by atoms with Gasteiger partial charge in [0.25, 0.3) is 5.91 Å². The highest BCUT2D eigenvalue weighted by Gasteiger charge is 2.21. The van der Waals surface area contributed by atoms with Gasteiger partial charge in [0.15, 0.2) is 0 Å². The number of piperazine rings is 1. The van der Waals surface area contributed by atoms with Crippen molar-refractivity contribution >= 4 is 27.7 Å². The van der Waals surface area contributed by atoms with Gasteiger partial charge in [0, 0.05) is 37.3 Å². The van der Waals surface area contributed by atoms with E-state index in [4.69, 9.17) is 4.98 Å². The first-order valence-corrected chi connectivity index (χ1v) is 9.65. The second-order valence-electron chi connectivity index (χ2n) is 7.44. The van der Waals surface area contributed by atoms with Crippen LogP contribution in [0.1, 0.15) is 10.4 Å². The third kappa shape index (κ3) is 2.94. The van der Waals surface area contributed by atoms with Crippen molar-refractivity contribution in [1.82, 2.24) is 19.8 Å². The molecule has 28 heavy (non-hydrogen) atoms. The molecule has 0 unspecified atom stereocenters. The Morgan fingerprint density at radius 1 is 0.964 bits per heavy atom. The van der Waals surface area contributed by atoms with E-state index in [9.17, 15) is 4.79 Å². The molecule has 1 fully saturated rings. The molecule has 0 spiro atoms. The van der Waals surface area contributed by atoms with E-state index >= 15 is 0 Å². The van der Waals surface area contributed by atoms with Crippen LogP contribution in [-0.2, 0) is 0 Å². The van der Waals surface area contributed by atoms with Gasteiger partial charge in [-0.3, -0.25) is 4.79 Å². The summed E-state index contributed by atoms with van der Waals surface area (Å²) in [6, 6.07) is 20.3. The van der Waals surface area contributed by atoms with Crippen LogP contribution >= 0.6 is 0 Å². The maximum Gasteiger partial charge on any atom is 0.254 e. The third-order valence-corrected chi connectivity index (χ3v) is 5.56. The highest BCUT2D eigenvalue weighted by molar-refractivity contribution is 5.99. The second kappa shape index (κ2) is 6.77. The van der Waals surface area contributed by atoms with E-state index in [-0.39, 0.29) is 5.91 Å². The SMILES string of the molecule is CN1CCN(C(=O)c2ccc3nc(-c4cccc5ccccc45)[nH]c3c2)CC1. The lowest BCUT2D eigenvalue weighted by Crippen LogP contribution is -2.47. The van der Waals surface area contributed by atoms with Gasteiger partial charge < -0.3 is 14.8 Å². The number of benzene rings is 3. The standard InChI is InChI=1S/C23H22N4O/c1-26-11-13-27(14-12-26)23(28)17-9-10-20-21(15-17)25-22(24-20)19-8-4-6-16-5-2-3-7-18(16)19/h2-10,15H,11-14H2,1H3,(H,24,25). The molecule has 0 radical (unpaired) electrons. The quantitative estimate of drug-likeness (QED) is 0.584. The van der Waals surface area contributed by atoms with Gasteiger partial charge in [0.2, 0.25) is 0 Å². The predicted molar refractivity (Wildman–Crippen MR) is 112 cm³/mol. The van der Waals surface area contributed by atoms with Crippen molar-refractivity contribution in [3.63, 3.8) is 0 Å². The lowest BCUT2D eigenvalue weighted by Gasteiger charge is -2.32. The van der Waals surface area contributed by atoms with Gasteiger partial charge in [0.1, 0.15) is 5.82 Å². The number of aromatic amines is 1. The molecule has 1 saturated heterocycles. The first-order valence-electron chi connectivity index (χ1n) is 9.65. The molecule has 0 atom stereocenters. The van der Waals surface area contributed by atoms with Gasteiger partial charge in [0.05, 0.1) is 11.0 Å². The molecule has 1 aromatic heterocycles. The van der Waals surface area contributed by atoms with Crippen LogP contribution in [0.5, 0.6) is 0 Å². The number of H-pyrrole nitrogens is 1. The predicted octanol–water partition coefficient (Wildman–Crippen LogP) is 3.77. The summed E-state index contributed by atoms with van der Waals surface area (Å²) in [5.41, 5.74) is 3.55. The molecule has 1 N–H and O–H groups in total. The van der Waals surface area contributed by atoms with Crippen molar-refractivity contribution in [2.24, 2.45) is 0 Å². The fourth-order valence-electron chi connectivity index (χ4n) is 3.89. The summed E-state index contributed by atoms with van der Waals surface area (Å²) in [6.07, 6.45) is 0. The Hall–Kier alpha value is -3.18. The van der Waals surface area contributed by atoms with Crippen molar-refractivity contribution in [3.8, 4) is 11.4 Å². The topological polar surface area (TPSA) is 52.2 Å². The molecule has 4 aromatic rings. The van der Waals surface area contributed by atoms with Crippen LogP contribution in [0.4, 0.5) is 0 Å². The number of nitrogens with one attached hydrogen (secondary N) is 1. The van der Waals surface area contributed by atoms with E-state index in [2.05, 4.69) is 41.2 Å². The zero-order valence-corrected chi connectivity index (χ0v) is 15.9. The maximum absolute atomic E-state index is 12.9. The van der Waals surface area contributed by atoms with Crippen molar-refractivity contribution in [3.05, 3.63) is 66.2 Å². The maximum atomic E-state index is 12.9. The molecule has 0 bridgehead atoms. The molecular formula is C23H22N4O. The van der Waals surface area contributed by atoms with Crippen molar-refractivity contribution in [1.29, 1.82) is 0 Å². The molecule has 5 rings (SSSR count). The van der Waals surface area contributed by atoms with Crippen LogP contribution < -0.4 is 0 Å². The summed E-state index contributed by atoms with van der Waals surface area (Å²) < 4.78 is 0. The molecule has 0 aliphatic carbocycles. The molecular weight excluding hydrogens is 348 g/mol. The number of hydrogen-bond donors (Lipinski definition) is 1. The van der Waals surface area contributed by atoms with Crippen LogP contribution in [0.2, 0.25) is 0 Å². The molecule has 1 amide bonds. The monoisotopic (exact) mass is 370 g/mol. The molecule has 5 nitrogen and oxygen atoms in total. The molecule has 5 heteroatoms. The number of carbonyl (C=O) groups is 1. The Morgan fingerprint density at radius 2 is 1.75 bits per heavy atom. The molecule has 2 heterocycles. The van der Waals surface area contributed by atoms with Gasteiger partial charge >= 0.3 is 0 Å². The number of fused-ring (bicyclic) bond motifs is 2. The minimum atomic E-state index is 0.0938. The van der Waals surface area contributed by atoms with Gasteiger partial charge in [-0.2, -0.15) is 0 Å². The summed E-state index contributed by atoms with van der Waals surface area (Å²) in [7, 11) is 2.09. The minimum absolute atomic E-state index is 0.0938. The molecule has 0 saturated carbocycles. The van der Waals surface area contributed by atoms with Crippen molar-refractivity contribution in [2.75, 3.05) is 33.2 Å². The van der Waals surface area contributed by atoms with Crippen LogP contribution in [-0.4, -0.2) is 58.9 Å². The summed E-state index contributed by atoms with van der Waals surface area (Å²) in [6.45, 7) is 3.39. The number of nitrogens with zero attached hydrogens (tertiary/aromatic N) is 3. The van der Waals surface area contributed by atoms with Crippen LogP contribution in [0.3, 0.4) is 0 Å². The zero-order chi connectivity index (χ0) is 19.1. The number of carbonyl (C=O) groups excluding carboxylic acids is 1. The minimum Gasteiger partial charge on any atom is -0.338 e. The number of amides is 1. The summed E-state index contributed by atoms with van der Waals surface area (Å²) in [5, 5.41) is 2.35. The molecule has 3 aromatic carbocycles. The Balaban J connectivity index is 1.51. The summed E-state index contributed by atoms with van der Waals surface area (Å²) in [5.74, 6) is 0.923. The van der Waals surface area contributed by atoms with Gasteiger partial charge in [-0.25, -0.2) is 4.98 Å². The molecule has 1 aliphatic heterocycles. The second-order valence-corrected chi connectivity index (χ2v) is 7.44. The largest absolute Gasteiger partial charge is 0.338 e. The summed E-state index contributed by atoms with van der Waals surface area (Å²) >= 11 is 0. The Kier molecular flexibility index (Phi) is 4.10. The van der Waals surface area contributed by atoms with Crippen LogP contribution in [0, 0.1) is 0 Å². The lowest BCUT2D eigenvalue weighted by atomic mass is 10.0. The zero-order valence-electron chi connectivity index (χ0n) is 15.9. The highest BCUT2D eigenvalue weighted by Crippen LogP contribution is 2.28. The van der Waals surface area contributed by atoms with Gasteiger partial charge in [-0.05, 0) is 36.0 Å². The van der Waals surface area contributed by atoms with Crippen molar-refractivity contribution in [2.45, 2.75) is 0 Å². The average molecular weight is 370 g/mol. The number of hydrogen-bond acceptors (Lipinski definition) is 3. The summed E-state index contributed by atoms with van der Waals surface area (Å²) in [4.78, 5) is 25.2. The van der Waals surface area contributed by atoms with Crippen LogP contribution in [0.25, 0.3) is 33.2 Å². The fourth-order valence-corrected chi connectivity index (χ4v) is 3.89. The van der Waals surface area contributed by atoms with Gasteiger partial charge in [-0.15, -0.1) is 0 Å². The third-order valence-electron chi connectivity index (χ3n) is 5.56. The smallest absolute Gasteiger partial charge is 0.254 e. The number of likely N-dealkylation sites (N-methyl/N-ethyl adjacent to an activating group) is 1. The lowest BCUT2D eigenvalue weighted by molar-refractivity contribution is 0.0664. The molecule has 140 valence electrons. The number of imidazole rings is 1. The van der Waals surface area contributed by atoms with E-state index in [0.29, 0.717) is 5.56 Å². The fraction of sp³-hybridized carbons (Fsp3) is 0.217. The van der Waals surface area contributed by atoms with E-state index in [1.54, 1.807) is 0 Å². The van der Waals surface area contributed by atoms with Gasteiger partial charge in [-0.1, -0.05) is 42.5 Å². The Bertz CT molecular complexity index is 1170. The van der Waals surface area contributed by atoms with E-state index in [1.807, 2.05) is 41.3 Å². The number of aromatic nitrogens is 2. The first kappa shape index (κ1) is 17.0. The van der Waals surface area contributed by atoms with E-state index in [0.717, 1.165) is 54.0 Å². The Morgan fingerprint density at radius 3 is 2.61 bits per heavy atom.